The lowest BCUT2D eigenvalue weighted by molar-refractivity contribution is -0.148. The molecule has 5 rings (SSSR count). The van der Waals surface area contributed by atoms with Gasteiger partial charge in [0.1, 0.15) is 29.4 Å². The van der Waals surface area contributed by atoms with Crippen LogP contribution in [0.5, 0.6) is 5.75 Å². The number of pyridine rings is 1. The van der Waals surface area contributed by atoms with Crippen molar-refractivity contribution in [3.63, 3.8) is 0 Å². The number of primary amides is 1. The molecule has 1 heterocycles. The van der Waals surface area contributed by atoms with E-state index >= 15 is 0 Å². The number of phenolic OH excluding ortho intramolecular Hbond substituents is 1. The van der Waals surface area contributed by atoms with Gasteiger partial charge in [0.15, 0.2) is 17.2 Å². The van der Waals surface area contributed by atoms with Crippen LogP contribution in [0.1, 0.15) is 28.0 Å². The molecule has 12 nitrogen and oxygen atoms in total. The van der Waals surface area contributed by atoms with Crippen LogP contribution in [0.25, 0.3) is 11.1 Å². The number of benzene rings is 1. The summed E-state index contributed by atoms with van der Waals surface area (Å²) in [4.78, 5) is 57.2. The Balaban J connectivity index is 1.61. The first-order valence-corrected chi connectivity index (χ1v) is 13.3. The minimum absolute atomic E-state index is 0.0142. The number of nitrogens with zero attached hydrogens (tertiary/aromatic N) is 2. The first kappa shape index (κ1) is 29.1. The van der Waals surface area contributed by atoms with Crippen molar-refractivity contribution >= 4 is 23.3 Å². The average molecular weight is 578 g/mol. The molecule has 0 aliphatic heterocycles. The molecule has 6 N–H and O–H groups in total. The van der Waals surface area contributed by atoms with Crippen LogP contribution in [0.2, 0.25) is 0 Å². The van der Waals surface area contributed by atoms with Gasteiger partial charge in [0, 0.05) is 36.1 Å². The highest BCUT2D eigenvalue weighted by Gasteiger charge is 2.63. The Morgan fingerprint density at radius 2 is 1.86 bits per heavy atom. The van der Waals surface area contributed by atoms with Crippen LogP contribution in [0.3, 0.4) is 0 Å². The summed E-state index contributed by atoms with van der Waals surface area (Å²) in [6.45, 7) is -0.0328. The third-order valence-electron chi connectivity index (χ3n) is 8.43. The summed E-state index contributed by atoms with van der Waals surface area (Å²) in [6, 6.07) is 5.34. The SMILES string of the molecule is COCC(=O)Cc1ccc(-c2ccc(O)c3c2CC2CC4C(N(C)C)C(O)=C(C(N)=O)C(=O)C4(O)C(O)=C2C3=O)cn1. The number of ketones is 3. The van der Waals surface area contributed by atoms with E-state index in [2.05, 4.69) is 4.98 Å². The molecule has 42 heavy (non-hydrogen) atoms. The van der Waals surface area contributed by atoms with E-state index in [0.717, 1.165) is 0 Å². The molecule has 3 aliphatic rings. The zero-order valence-corrected chi connectivity index (χ0v) is 23.2. The van der Waals surface area contributed by atoms with E-state index in [1.165, 1.54) is 18.1 Å². The number of hydrogen-bond donors (Lipinski definition) is 5. The molecule has 12 heteroatoms. The fourth-order valence-corrected chi connectivity index (χ4v) is 6.62. The van der Waals surface area contributed by atoms with E-state index in [4.69, 9.17) is 10.5 Å². The van der Waals surface area contributed by atoms with Crippen LogP contribution in [-0.2, 0) is 32.0 Å². The van der Waals surface area contributed by atoms with Gasteiger partial charge in [0.25, 0.3) is 5.91 Å². The summed E-state index contributed by atoms with van der Waals surface area (Å²) < 4.78 is 4.86. The van der Waals surface area contributed by atoms with Crippen molar-refractivity contribution in [2.45, 2.75) is 30.9 Å². The van der Waals surface area contributed by atoms with E-state index in [1.54, 1.807) is 38.5 Å². The number of phenols is 1. The van der Waals surface area contributed by atoms with Crippen LogP contribution < -0.4 is 5.73 Å². The van der Waals surface area contributed by atoms with E-state index in [9.17, 15) is 39.6 Å². The van der Waals surface area contributed by atoms with Crippen molar-refractivity contribution in [1.82, 2.24) is 9.88 Å². The summed E-state index contributed by atoms with van der Waals surface area (Å²) in [5.41, 5.74) is 3.73. The Labute approximate surface area is 240 Å². The Hall–Kier alpha value is -4.39. The van der Waals surface area contributed by atoms with Crippen molar-refractivity contribution in [2.24, 2.45) is 17.6 Å². The fraction of sp³-hybridized carbons (Fsp3) is 0.367. The predicted molar refractivity (Wildman–Crippen MR) is 147 cm³/mol. The molecular formula is C30H31N3O9. The lowest BCUT2D eigenvalue weighted by Crippen LogP contribution is -2.63. The summed E-state index contributed by atoms with van der Waals surface area (Å²) in [5.74, 6) is -7.18. The maximum atomic E-state index is 13.9. The Morgan fingerprint density at radius 3 is 2.45 bits per heavy atom. The van der Waals surface area contributed by atoms with Gasteiger partial charge in [0.05, 0.1) is 18.0 Å². The number of carbonyl (C=O) groups excluding carboxylic acids is 4. The van der Waals surface area contributed by atoms with Crippen molar-refractivity contribution < 1.29 is 44.3 Å². The van der Waals surface area contributed by atoms with Gasteiger partial charge in [0.2, 0.25) is 5.78 Å². The van der Waals surface area contributed by atoms with Crippen molar-refractivity contribution in [2.75, 3.05) is 27.8 Å². The number of hydrogen-bond acceptors (Lipinski definition) is 11. The van der Waals surface area contributed by atoms with Gasteiger partial charge in [-0.15, -0.1) is 0 Å². The number of Topliss-reactive ketones (excluding diaryl/α,β-unsaturated/α-hetero) is 3. The largest absolute Gasteiger partial charge is 0.510 e. The van der Waals surface area contributed by atoms with Gasteiger partial charge in [-0.05, 0) is 56.1 Å². The number of aromatic hydroxyl groups is 1. The first-order chi connectivity index (χ1) is 19.8. The molecule has 0 spiro atoms. The topological polar surface area (TPSA) is 201 Å². The number of aromatic nitrogens is 1. The number of amides is 1. The number of likely N-dealkylation sites (N-methyl/N-ethyl adjacent to an activating group) is 1. The summed E-state index contributed by atoms with van der Waals surface area (Å²) in [7, 11) is 4.58. The summed E-state index contributed by atoms with van der Waals surface area (Å²) >= 11 is 0. The number of aliphatic hydroxyl groups is 3. The van der Waals surface area contributed by atoms with Gasteiger partial charge in [-0.2, -0.15) is 0 Å². The number of aliphatic hydroxyl groups excluding tert-OH is 2. The zero-order valence-electron chi connectivity index (χ0n) is 23.2. The molecule has 3 aliphatic carbocycles. The van der Waals surface area contributed by atoms with Crippen LogP contribution in [0, 0.1) is 11.8 Å². The van der Waals surface area contributed by atoms with Gasteiger partial charge < -0.3 is 30.9 Å². The quantitative estimate of drug-likeness (QED) is 0.293. The minimum atomic E-state index is -2.70. The highest BCUT2D eigenvalue weighted by atomic mass is 16.5. The summed E-state index contributed by atoms with van der Waals surface area (Å²) in [5, 5.41) is 44.8. The maximum absolute atomic E-state index is 13.9. The monoisotopic (exact) mass is 577 g/mol. The molecule has 0 saturated carbocycles. The van der Waals surface area contributed by atoms with Crippen LogP contribution >= 0.6 is 0 Å². The zero-order chi connectivity index (χ0) is 30.7. The first-order valence-electron chi connectivity index (χ1n) is 13.3. The molecule has 4 unspecified atom stereocenters. The molecular weight excluding hydrogens is 546 g/mol. The predicted octanol–water partition coefficient (Wildman–Crippen LogP) is 0.941. The summed E-state index contributed by atoms with van der Waals surface area (Å²) in [6.07, 6.45) is 1.78. The number of rotatable bonds is 7. The maximum Gasteiger partial charge on any atom is 0.255 e. The molecule has 0 bridgehead atoms. The molecule has 0 radical (unpaired) electrons. The van der Waals surface area contributed by atoms with E-state index in [1.807, 2.05) is 0 Å². The molecule has 2 aromatic rings. The molecule has 1 aromatic heterocycles. The van der Waals surface area contributed by atoms with Gasteiger partial charge in [-0.3, -0.25) is 29.1 Å². The highest BCUT2D eigenvalue weighted by Crippen LogP contribution is 2.53. The third kappa shape index (κ3) is 4.30. The van der Waals surface area contributed by atoms with Crippen molar-refractivity contribution in [1.29, 1.82) is 0 Å². The normalized spacial score (nSPS) is 25.3. The Kier molecular flexibility index (Phi) is 7.25. The molecule has 0 saturated heterocycles. The van der Waals surface area contributed by atoms with E-state index in [-0.39, 0.29) is 48.5 Å². The number of carbonyl (C=O) groups is 4. The second-order valence-corrected chi connectivity index (χ2v) is 11.1. The molecule has 1 aromatic carbocycles. The molecule has 220 valence electrons. The lowest BCUT2D eigenvalue weighted by atomic mass is 9.58. The number of nitrogens with two attached hydrogens (primary N) is 1. The fourth-order valence-electron chi connectivity index (χ4n) is 6.62. The number of methoxy groups -OCH3 is 1. The molecule has 1 amide bonds. The van der Waals surface area contributed by atoms with Crippen molar-refractivity contribution in [3.05, 3.63) is 69.9 Å². The average Bonchev–Trinajstić information content (AvgIpc) is 2.91. The van der Waals surface area contributed by atoms with Crippen LogP contribution in [-0.4, -0.2) is 93.0 Å². The number of fused-ring (bicyclic) bond motifs is 3. The van der Waals surface area contributed by atoms with Gasteiger partial charge >= 0.3 is 0 Å². The second-order valence-electron chi connectivity index (χ2n) is 11.1. The Bertz CT molecular complexity index is 1590. The smallest absolute Gasteiger partial charge is 0.255 e. The molecule has 0 fully saturated rings. The lowest BCUT2D eigenvalue weighted by Gasteiger charge is -2.50. The standard InChI is InChI=1S/C30H31N3O9/c1-33(2)24-19-9-14-8-18-17(13-4-5-15(32-11-13)10-16(34)12-42-3)6-7-20(35)22(18)25(36)21(14)27(38)30(19,41)28(39)23(26(24)37)29(31)40/h4-7,11,14,19,24,35,37-38,41H,8-10,12H2,1-3H3,(H2,31,40). The number of allylic oxidation sites excluding steroid dienone is 1. The third-order valence-corrected chi connectivity index (χ3v) is 8.43. The second kappa shape index (κ2) is 10.5. The van der Waals surface area contributed by atoms with Crippen LogP contribution in [0.4, 0.5) is 0 Å². The van der Waals surface area contributed by atoms with E-state index < -0.39 is 58.0 Å². The number of ether oxygens (including phenoxy) is 1. The minimum Gasteiger partial charge on any atom is -0.510 e. The van der Waals surface area contributed by atoms with Gasteiger partial charge in [-0.25, -0.2) is 0 Å². The van der Waals surface area contributed by atoms with Crippen molar-refractivity contribution in [3.8, 4) is 16.9 Å². The van der Waals surface area contributed by atoms with Gasteiger partial charge in [-0.1, -0.05) is 12.1 Å². The van der Waals surface area contributed by atoms with E-state index in [0.29, 0.717) is 22.4 Å². The molecule has 4 atom stereocenters. The highest BCUT2D eigenvalue weighted by molar-refractivity contribution is 6.24. The van der Waals surface area contributed by atoms with Crippen LogP contribution in [0.15, 0.2) is 53.1 Å². The Morgan fingerprint density at radius 1 is 1.14 bits per heavy atom.